The standard InChI is InChI=1S/C61H68O12/c1-37(33-63)47-22-18-38-16-19-41(20-17-38)48-23-21-44(43-13-7-11-40(30-43)29-39-9-3-2-4-10-39)31-46(48)32-53(66)70-57-55-52(73-61(58(57)72-59(47)67)27-8-14-42-12-5-6-15-51(42)61)25-24-49-50(34-64)54(60(68)71-56(49)55)45(26-28-62)35-69-36-65/h2-4,7-11,13-14,16-17,19-20,24-25,30,42,44-46,48,51,57-58,62-65H,5-6,12,15,18,21-23,26-29,31-36H2,1H3/b47-37-/t42-,44-,45+,46-,48-,51+,57+,58-,61-/m0/s1. The fourth-order valence-corrected chi connectivity index (χ4v) is 13.3. The molecule has 6 aliphatic rings. The molecule has 12 heteroatoms. The van der Waals surface area contributed by atoms with Gasteiger partial charge in [-0.05, 0) is 139 Å². The highest BCUT2D eigenvalue weighted by atomic mass is 16.6. The zero-order valence-corrected chi connectivity index (χ0v) is 41.7. The first kappa shape index (κ1) is 50.6. The molecular formula is C61H68O12. The number of allylic oxidation sites excluding steroid dienone is 1. The summed E-state index contributed by atoms with van der Waals surface area (Å²) in [5.41, 5.74) is 5.21. The summed E-state index contributed by atoms with van der Waals surface area (Å²) in [4.78, 5) is 44.9. The van der Waals surface area contributed by atoms with Crippen molar-refractivity contribution >= 4 is 22.9 Å². The molecule has 11 rings (SSSR count). The summed E-state index contributed by atoms with van der Waals surface area (Å²) in [6.07, 6.45) is 9.99. The van der Waals surface area contributed by atoms with Crippen LogP contribution >= 0.6 is 0 Å². The van der Waals surface area contributed by atoms with E-state index in [9.17, 15) is 25.2 Å². The summed E-state index contributed by atoms with van der Waals surface area (Å²) >= 11 is 0. The Morgan fingerprint density at radius 3 is 2.42 bits per heavy atom. The van der Waals surface area contributed by atoms with Crippen molar-refractivity contribution in [1.29, 1.82) is 0 Å². The van der Waals surface area contributed by atoms with E-state index >= 15 is 9.59 Å². The molecule has 1 aromatic heterocycles. The molecule has 4 aromatic carbocycles. The van der Waals surface area contributed by atoms with Crippen LogP contribution in [0.25, 0.3) is 11.0 Å². The quantitative estimate of drug-likeness (QED) is 0.0324. The Morgan fingerprint density at radius 2 is 1.64 bits per heavy atom. The molecule has 3 aliphatic heterocycles. The van der Waals surface area contributed by atoms with Crippen LogP contribution in [0.3, 0.4) is 0 Å². The first-order valence-corrected chi connectivity index (χ1v) is 26.4. The average Bonchev–Trinajstić information content (AvgIpc) is 3.40. The molecular weight excluding hydrogens is 925 g/mol. The molecule has 4 heterocycles. The van der Waals surface area contributed by atoms with E-state index in [0.29, 0.717) is 35.1 Å². The van der Waals surface area contributed by atoms with E-state index in [1.807, 2.05) is 6.07 Å². The Kier molecular flexibility index (Phi) is 15.5. The van der Waals surface area contributed by atoms with Crippen molar-refractivity contribution < 1.29 is 53.4 Å². The Hall–Kier alpha value is -5.89. The second-order valence-corrected chi connectivity index (χ2v) is 21.1. The third-order valence-electron chi connectivity index (χ3n) is 16.9. The minimum absolute atomic E-state index is 0.0172. The summed E-state index contributed by atoms with van der Waals surface area (Å²) in [6, 6.07) is 31.3. The van der Waals surface area contributed by atoms with Crippen LogP contribution in [-0.2, 0) is 43.2 Å². The fourth-order valence-electron chi connectivity index (χ4n) is 13.3. The summed E-state index contributed by atoms with van der Waals surface area (Å²) in [5, 5.41) is 41.6. The molecule has 0 radical (unpaired) electrons. The highest BCUT2D eigenvalue weighted by Crippen LogP contribution is 2.57. The van der Waals surface area contributed by atoms with Gasteiger partial charge in [0.1, 0.15) is 18.1 Å². The number of aliphatic hydroxyl groups is 4. The lowest BCUT2D eigenvalue weighted by molar-refractivity contribution is -0.208. The number of ether oxygens (including phenoxy) is 4. The van der Waals surface area contributed by atoms with Crippen LogP contribution in [0.2, 0.25) is 0 Å². The number of aryl methyl sites for hydroxylation is 1. The Labute approximate surface area is 426 Å². The molecule has 1 spiro atoms. The second-order valence-electron chi connectivity index (χ2n) is 21.1. The van der Waals surface area contributed by atoms with Crippen LogP contribution < -0.4 is 10.4 Å². The molecule has 2 bridgehead atoms. The van der Waals surface area contributed by atoms with Gasteiger partial charge < -0.3 is 43.8 Å². The van der Waals surface area contributed by atoms with Gasteiger partial charge in [-0.25, -0.2) is 9.59 Å². The molecule has 9 atom stereocenters. The smallest absolute Gasteiger partial charge is 0.340 e. The lowest BCUT2D eigenvalue weighted by Crippen LogP contribution is -2.62. The summed E-state index contributed by atoms with van der Waals surface area (Å²) in [7, 11) is 0. The van der Waals surface area contributed by atoms with Crippen LogP contribution in [0, 0.1) is 17.8 Å². The van der Waals surface area contributed by atoms with Crippen LogP contribution in [0.15, 0.2) is 124 Å². The molecule has 0 saturated heterocycles. The molecule has 3 aliphatic carbocycles. The van der Waals surface area contributed by atoms with E-state index in [2.05, 4.69) is 84.9 Å². The molecule has 12 nitrogen and oxygen atoms in total. The number of hydrogen-bond donors (Lipinski definition) is 4. The monoisotopic (exact) mass is 992 g/mol. The number of esters is 2. The molecule has 2 saturated carbocycles. The molecule has 5 aromatic rings. The van der Waals surface area contributed by atoms with Gasteiger partial charge in [-0.2, -0.15) is 0 Å². The largest absolute Gasteiger partial charge is 0.482 e. The Bertz CT molecular complexity index is 2900. The van der Waals surface area contributed by atoms with E-state index in [4.69, 9.17) is 23.4 Å². The maximum atomic E-state index is 15.4. The van der Waals surface area contributed by atoms with Crippen molar-refractivity contribution in [3.05, 3.63) is 169 Å². The first-order valence-electron chi connectivity index (χ1n) is 26.4. The Balaban J connectivity index is 1.12. The normalized spacial score (nSPS) is 27.2. The van der Waals surface area contributed by atoms with Crippen molar-refractivity contribution in [2.75, 3.05) is 26.6 Å². The topological polar surface area (TPSA) is 182 Å². The lowest BCUT2D eigenvalue weighted by Gasteiger charge is -2.54. The number of aliphatic hydroxyl groups excluding tert-OH is 4. The van der Waals surface area contributed by atoms with Crippen LogP contribution in [-0.4, -0.2) is 70.7 Å². The van der Waals surface area contributed by atoms with Gasteiger partial charge >= 0.3 is 17.6 Å². The number of carbonyl (C=O) groups excluding carboxylic acids is 2. The molecule has 384 valence electrons. The third-order valence-corrected chi connectivity index (χ3v) is 16.9. The minimum atomic E-state index is -1.33. The number of benzene rings is 4. The van der Waals surface area contributed by atoms with E-state index < -0.39 is 54.7 Å². The van der Waals surface area contributed by atoms with Crippen molar-refractivity contribution in [3.8, 4) is 5.75 Å². The highest BCUT2D eigenvalue weighted by Gasteiger charge is 2.61. The molecule has 4 N–H and O–H groups in total. The fraction of sp³-hybridized carbons (Fsp3) is 0.459. The SMILES string of the molecule is C/C(CO)=C1\CCc2ccc(cc2)[C@@H]2CC[C@H](c3cccc(Cc4ccccc4)c3)C[C@H]2CC(=O)O[C@@H]2c3c(ccc4c(CO)c([C@H](CCO)COCO)c(=O)oc34)O[C@]3(CC=C[C@@H]4CCCC[C@H]43)[C@H]2OC1=O. The van der Waals surface area contributed by atoms with Crippen LogP contribution in [0.5, 0.6) is 5.75 Å². The van der Waals surface area contributed by atoms with E-state index in [-0.39, 0.29) is 90.9 Å². The van der Waals surface area contributed by atoms with E-state index in [1.165, 1.54) is 16.7 Å². The van der Waals surface area contributed by atoms with Crippen LogP contribution in [0.4, 0.5) is 0 Å². The number of fused-ring (bicyclic) bond motifs is 13. The molecule has 0 amide bonds. The van der Waals surface area contributed by atoms with E-state index in [0.717, 1.165) is 62.5 Å². The second kappa shape index (κ2) is 22.3. The van der Waals surface area contributed by atoms with Crippen molar-refractivity contribution in [2.24, 2.45) is 17.8 Å². The number of rotatable bonds is 11. The maximum absolute atomic E-state index is 15.4. The maximum Gasteiger partial charge on any atom is 0.340 e. The predicted octanol–water partition coefficient (Wildman–Crippen LogP) is 9.71. The van der Waals surface area contributed by atoms with Gasteiger partial charge in [0.25, 0.3) is 0 Å². The van der Waals surface area contributed by atoms with Gasteiger partial charge in [-0.3, -0.25) is 4.79 Å². The van der Waals surface area contributed by atoms with E-state index in [1.54, 1.807) is 19.1 Å². The van der Waals surface area contributed by atoms with Gasteiger partial charge in [0.05, 0.1) is 25.4 Å². The first-order chi connectivity index (χ1) is 35.6. The van der Waals surface area contributed by atoms with Crippen LogP contribution in [0.1, 0.15) is 146 Å². The summed E-state index contributed by atoms with van der Waals surface area (Å²) in [5.74, 6) is -1.52. The zero-order chi connectivity index (χ0) is 50.6. The summed E-state index contributed by atoms with van der Waals surface area (Å²) < 4.78 is 32.8. The Morgan fingerprint density at radius 1 is 0.836 bits per heavy atom. The summed E-state index contributed by atoms with van der Waals surface area (Å²) in [6.45, 7) is -0.273. The van der Waals surface area contributed by atoms with Crippen molar-refractivity contribution in [3.63, 3.8) is 0 Å². The molecule has 2 fully saturated rings. The zero-order valence-electron chi connectivity index (χ0n) is 41.7. The van der Waals surface area contributed by atoms with Crippen molar-refractivity contribution in [1.82, 2.24) is 0 Å². The lowest BCUT2D eigenvalue weighted by atomic mass is 9.62. The predicted molar refractivity (Wildman–Crippen MR) is 275 cm³/mol. The number of carbonyl (C=O) groups is 2. The van der Waals surface area contributed by atoms with Gasteiger partial charge in [0, 0.05) is 47.8 Å². The molecule has 73 heavy (non-hydrogen) atoms. The highest BCUT2D eigenvalue weighted by molar-refractivity contribution is 5.90. The third kappa shape index (κ3) is 10.2. The van der Waals surface area contributed by atoms with Gasteiger partial charge in [-0.15, -0.1) is 0 Å². The van der Waals surface area contributed by atoms with Gasteiger partial charge in [0.15, 0.2) is 17.8 Å². The van der Waals surface area contributed by atoms with Gasteiger partial charge in [0.2, 0.25) is 0 Å². The van der Waals surface area contributed by atoms with Gasteiger partial charge in [-0.1, -0.05) is 104 Å². The molecule has 0 unspecified atom stereocenters. The minimum Gasteiger partial charge on any atom is -0.482 e. The number of hydrogen-bond acceptors (Lipinski definition) is 12. The van der Waals surface area contributed by atoms with Crippen molar-refractivity contribution in [2.45, 2.75) is 133 Å². The average molecular weight is 993 g/mol.